The summed E-state index contributed by atoms with van der Waals surface area (Å²) in [5, 5.41) is 0.338. The van der Waals surface area contributed by atoms with Crippen molar-refractivity contribution in [3.8, 4) is 10.4 Å². The molecule has 78 valence electrons. The van der Waals surface area contributed by atoms with Crippen LogP contribution in [0.1, 0.15) is 5.56 Å². The minimum absolute atomic E-state index is 0.201. The number of aromatic nitrogens is 1. The number of nitrogens with zero attached hydrogens (tertiary/aromatic N) is 1. The number of nitrogens with two attached hydrogens (primary N) is 1. The Hall–Kier alpha value is -1.49. The molecule has 0 saturated heterocycles. The Labute approximate surface area is 89.4 Å². The number of aryl methyl sites for hydroxylation is 1. The summed E-state index contributed by atoms with van der Waals surface area (Å²) >= 11 is 1.13. The Balaban J connectivity index is 2.58. The fourth-order valence-corrected chi connectivity index (χ4v) is 1.95. The molecule has 15 heavy (non-hydrogen) atoms. The van der Waals surface area contributed by atoms with Gasteiger partial charge < -0.3 is 5.73 Å². The van der Waals surface area contributed by atoms with E-state index in [-0.39, 0.29) is 11.1 Å². The van der Waals surface area contributed by atoms with Crippen molar-refractivity contribution in [2.75, 3.05) is 5.73 Å². The van der Waals surface area contributed by atoms with Crippen LogP contribution in [0.2, 0.25) is 0 Å². The number of hydrogen-bond acceptors (Lipinski definition) is 3. The third-order valence-corrected chi connectivity index (χ3v) is 2.90. The molecule has 0 spiro atoms. The summed E-state index contributed by atoms with van der Waals surface area (Å²) in [6.45, 7) is 1.52. The predicted octanol–water partition coefficient (Wildman–Crippen LogP) is 2.98. The number of rotatable bonds is 1. The second kappa shape index (κ2) is 3.58. The van der Waals surface area contributed by atoms with Crippen molar-refractivity contribution in [1.82, 2.24) is 4.98 Å². The summed E-state index contributed by atoms with van der Waals surface area (Å²) < 4.78 is 26.7. The molecule has 0 aliphatic carbocycles. The maximum atomic E-state index is 13.5. The normalized spacial score (nSPS) is 10.6. The van der Waals surface area contributed by atoms with Crippen LogP contribution in [0, 0.1) is 18.6 Å². The number of hydrogen-bond donors (Lipinski definition) is 1. The first-order valence-electron chi connectivity index (χ1n) is 4.25. The molecule has 2 nitrogen and oxygen atoms in total. The van der Waals surface area contributed by atoms with Gasteiger partial charge in [0.15, 0.2) is 5.13 Å². The molecule has 0 aliphatic heterocycles. The average molecular weight is 226 g/mol. The highest BCUT2D eigenvalue weighted by molar-refractivity contribution is 7.18. The van der Waals surface area contributed by atoms with Gasteiger partial charge in [0.05, 0.1) is 4.88 Å². The van der Waals surface area contributed by atoms with Crippen LogP contribution < -0.4 is 5.73 Å². The van der Waals surface area contributed by atoms with Crippen LogP contribution in [0.25, 0.3) is 10.4 Å². The zero-order valence-electron chi connectivity index (χ0n) is 7.92. The summed E-state index contributed by atoms with van der Waals surface area (Å²) in [6, 6.07) is 2.33. The number of nitrogen functional groups attached to an aromatic ring is 1. The van der Waals surface area contributed by atoms with Gasteiger partial charge >= 0.3 is 0 Å². The number of halogens is 2. The van der Waals surface area contributed by atoms with Crippen LogP contribution >= 0.6 is 11.3 Å². The molecule has 1 aromatic heterocycles. The highest BCUT2D eigenvalue weighted by atomic mass is 32.1. The molecule has 5 heteroatoms. The first kappa shape index (κ1) is 10.0. The van der Waals surface area contributed by atoms with E-state index in [1.165, 1.54) is 19.2 Å². The average Bonchev–Trinajstić information content (AvgIpc) is 2.58. The molecule has 0 saturated carbocycles. The largest absolute Gasteiger partial charge is 0.375 e. The molecular weight excluding hydrogens is 218 g/mol. The fraction of sp³-hybridized carbons (Fsp3) is 0.100. The SMILES string of the molecule is Cc1cc(F)c(-c2cnc(N)s2)cc1F. The number of anilines is 1. The summed E-state index contributed by atoms with van der Waals surface area (Å²) in [5.41, 5.74) is 5.91. The van der Waals surface area contributed by atoms with E-state index in [2.05, 4.69) is 4.98 Å². The van der Waals surface area contributed by atoms with Crippen molar-refractivity contribution in [1.29, 1.82) is 0 Å². The van der Waals surface area contributed by atoms with Crippen molar-refractivity contribution in [2.45, 2.75) is 6.92 Å². The zero-order chi connectivity index (χ0) is 11.0. The Morgan fingerprint density at radius 2 is 2.00 bits per heavy atom. The molecule has 0 unspecified atom stereocenters. The molecule has 2 aromatic rings. The Kier molecular flexibility index (Phi) is 2.40. The van der Waals surface area contributed by atoms with Gasteiger partial charge in [0, 0.05) is 11.8 Å². The van der Waals surface area contributed by atoms with E-state index in [0.717, 1.165) is 17.4 Å². The van der Waals surface area contributed by atoms with E-state index in [4.69, 9.17) is 5.73 Å². The molecule has 2 rings (SSSR count). The lowest BCUT2D eigenvalue weighted by Crippen LogP contribution is -1.88. The molecular formula is C10H8F2N2S. The van der Waals surface area contributed by atoms with Gasteiger partial charge in [-0.05, 0) is 24.6 Å². The Morgan fingerprint density at radius 1 is 1.27 bits per heavy atom. The highest BCUT2D eigenvalue weighted by Gasteiger charge is 2.11. The van der Waals surface area contributed by atoms with Crippen molar-refractivity contribution in [2.24, 2.45) is 0 Å². The lowest BCUT2D eigenvalue weighted by Gasteiger charge is -2.02. The molecule has 1 heterocycles. The van der Waals surface area contributed by atoms with Crippen molar-refractivity contribution >= 4 is 16.5 Å². The summed E-state index contributed by atoms with van der Waals surface area (Å²) in [4.78, 5) is 4.32. The standard InChI is InChI=1S/C10H8F2N2S/c1-5-2-8(12)6(3-7(5)11)9-4-14-10(13)15-9/h2-4H,1H3,(H2,13,14). The van der Waals surface area contributed by atoms with E-state index in [0.29, 0.717) is 10.0 Å². The van der Waals surface area contributed by atoms with Gasteiger partial charge in [0.1, 0.15) is 11.6 Å². The third-order valence-electron chi connectivity index (χ3n) is 2.04. The van der Waals surface area contributed by atoms with Crippen molar-refractivity contribution < 1.29 is 8.78 Å². The van der Waals surface area contributed by atoms with Crippen molar-refractivity contribution in [3.63, 3.8) is 0 Å². The molecule has 0 bridgehead atoms. The highest BCUT2D eigenvalue weighted by Crippen LogP contribution is 2.30. The third kappa shape index (κ3) is 1.83. The molecule has 0 aliphatic rings. The lowest BCUT2D eigenvalue weighted by atomic mass is 10.1. The van der Waals surface area contributed by atoms with Gasteiger partial charge in [-0.3, -0.25) is 0 Å². The van der Waals surface area contributed by atoms with E-state index < -0.39 is 11.6 Å². The number of benzene rings is 1. The minimum Gasteiger partial charge on any atom is -0.375 e. The van der Waals surface area contributed by atoms with Crippen LogP contribution in [0.5, 0.6) is 0 Å². The quantitative estimate of drug-likeness (QED) is 0.811. The van der Waals surface area contributed by atoms with Gasteiger partial charge in [-0.15, -0.1) is 0 Å². The van der Waals surface area contributed by atoms with Gasteiger partial charge in [-0.25, -0.2) is 13.8 Å². The lowest BCUT2D eigenvalue weighted by molar-refractivity contribution is 0.595. The van der Waals surface area contributed by atoms with Crippen LogP contribution in [-0.2, 0) is 0 Å². The monoisotopic (exact) mass is 226 g/mol. The predicted molar refractivity (Wildman–Crippen MR) is 56.6 cm³/mol. The smallest absolute Gasteiger partial charge is 0.180 e. The van der Waals surface area contributed by atoms with Gasteiger partial charge in [0.25, 0.3) is 0 Å². The maximum Gasteiger partial charge on any atom is 0.180 e. The molecule has 0 radical (unpaired) electrons. The maximum absolute atomic E-state index is 13.5. The molecule has 0 fully saturated rings. The Morgan fingerprint density at radius 3 is 2.60 bits per heavy atom. The molecule has 0 atom stereocenters. The Bertz CT molecular complexity index is 508. The van der Waals surface area contributed by atoms with Crippen LogP contribution in [-0.4, -0.2) is 4.98 Å². The van der Waals surface area contributed by atoms with Crippen LogP contribution in [0.4, 0.5) is 13.9 Å². The van der Waals surface area contributed by atoms with E-state index in [9.17, 15) is 8.78 Å². The first-order chi connectivity index (χ1) is 7.08. The minimum atomic E-state index is -0.461. The first-order valence-corrected chi connectivity index (χ1v) is 5.07. The second-order valence-corrected chi connectivity index (χ2v) is 4.21. The van der Waals surface area contributed by atoms with Crippen LogP contribution in [0.3, 0.4) is 0 Å². The van der Waals surface area contributed by atoms with Gasteiger partial charge in [-0.1, -0.05) is 11.3 Å². The molecule has 1 aromatic carbocycles. The molecule has 0 amide bonds. The van der Waals surface area contributed by atoms with Gasteiger partial charge in [0.2, 0.25) is 0 Å². The molecule has 2 N–H and O–H groups in total. The van der Waals surface area contributed by atoms with Gasteiger partial charge in [-0.2, -0.15) is 0 Å². The van der Waals surface area contributed by atoms with Crippen molar-refractivity contribution in [3.05, 3.63) is 35.5 Å². The summed E-state index contributed by atoms with van der Waals surface area (Å²) in [5.74, 6) is -0.893. The zero-order valence-corrected chi connectivity index (χ0v) is 8.74. The van der Waals surface area contributed by atoms with E-state index in [1.54, 1.807) is 0 Å². The second-order valence-electron chi connectivity index (χ2n) is 3.14. The van der Waals surface area contributed by atoms with E-state index >= 15 is 0 Å². The topological polar surface area (TPSA) is 38.9 Å². The number of thiazole rings is 1. The van der Waals surface area contributed by atoms with Crippen LogP contribution in [0.15, 0.2) is 18.3 Å². The van der Waals surface area contributed by atoms with E-state index in [1.807, 2.05) is 0 Å². The summed E-state index contributed by atoms with van der Waals surface area (Å²) in [7, 11) is 0. The summed E-state index contributed by atoms with van der Waals surface area (Å²) in [6.07, 6.45) is 1.44. The fourth-order valence-electron chi connectivity index (χ4n) is 1.25.